The van der Waals surface area contributed by atoms with Crippen LogP contribution in [0.3, 0.4) is 0 Å². The molecule has 0 bridgehead atoms. The van der Waals surface area contributed by atoms with Crippen molar-refractivity contribution in [3.05, 3.63) is 28.4 Å². The average molecular weight is 318 g/mol. The molecule has 1 aliphatic carbocycles. The molecule has 0 radical (unpaired) electrons. The fourth-order valence-electron chi connectivity index (χ4n) is 3.44. The molecule has 1 saturated heterocycles. The van der Waals surface area contributed by atoms with Crippen LogP contribution >= 0.6 is 0 Å². The lowest BCUT2D eigenvalue weighted by molar-refractivity contribution is -0.385. The van der Waals surface area contributed by atoms with Gasteiger partial charge in [0.05, 0.1) is 4.92 Å². The molecule has 2 fully saturated rings. The first-order valence-corrected chi connectivity index (χ1v) is 8.29. The van der Waals surface area contributed by atoms with E-state index in [2.05, 4.69) is 9.88 Å². The average Bonchev–Trinajstić information content (AvgIpc) is 2.62. The number of hydrogen-bond acceptors (Lipinski definition) is 5. The van der Waals surface area contributed by atoms with Crippen LogP contribution in [0.25, 0.3) is 0 Å². The summed E-state index contributed by atoms with van der Waals surface area (Å²) in [5, 5.41) is 10.7. The van der Waals surface area contributed by atoms with Gasteiger partial charge in [0, 0.05) is 38.2 Å². The lowest BCUT2D eigenvalue weighted by Crippen LogP contribution is -2.50. The maximum Gasteiger partial charge on any atom is 0.287 e. The lowest BCUT2D eigenvalue weighted by Gasteiger charge is -2.37. The molecule has 1 aromatic heterocycles. The molecule has 124 valence electrons. The van der Waals surface area contributed by atoms with E-state index in [9.17, 15) is 14.9 Å². The van der Waals surface area contributed by atoms with E-state index >= 15 is 0 Å². The van der Waals surface area contributed by atoms with Gasteiger partial charge in [0.15, 0.2) is 0 Å². The third-order valence-electron chi connectivity index (χ3n) is 4.81. The fourth-order valence-corrected chi connectivity index (χ4v) is 3.44. The Kier molecular flexibility index (Phi) is 4.73. The quantitative estimate of drug-likeness (QED) is 0.630. The first-order chi connectivity index (χ1) is 11.1. The van der Waals surface area contributed by atoms with E-state index < -0.39 is 4.92 Å². The van der Waals surface area contributed by atoms with Crippen LogP contribution in [0.2, 0.25) is 0 Å². The number of nitro groups is 1. The lowest BCUT2D eigenvalue weighted by atomic mass is 9.88. The first kappa shape index (κ1) is 15.7. The van der Waals surface area contributed by atoms with Gasteiger partial charge in [-0.1, -0.05) is 19.3 Å². The number of amides is 1. The van der Waals surface area contributed by atoms with Gasteiger partial charge in [-0.15, -0.1) is 0 Å². The van der Waals surface area contributed by atoms with Crippen molar-refractivity contribution >= 4 is 17.4 Å². The highest BCUT2D eigenvalue weighted by Crippen LogP contribution is 2.26. The minimum Gasteiger partial charge on any atom is -0.353 e. The summed E-state index contributed by atoms with van der Waals surface area (Å²) >= 11 is 0. The number of pyridine rings is 1. The second-order valence-electron chi connectivity index (χ2n) is 6.28. The van der Waals surface area contributed by atoms with Gasteiger partial charge in [-0.25, -0.2) is 4.98 Å². The van der Waals surface area contributed by atoms with E-state index in [0.717, 1.165) is 31.7 Å². The Morgan fingerprint density at radius 1 is 1.13 bits per heavy atom. The third kappa shape index (κ3) is 3.60. The van der Waals surface area contributed by atoms with Gasteiger partial charge in [-0.3, -0.25) is 14.9 Å². The summed E-state index contributed by atoms with van der Waals surface area (Å²) in [5.74, 6) is 1.26. The molecular formula is C16H22N4O3. The highest BCUT2D eigenvalue weighted by atomic mass is 16.6. The first-order valence-electron chi connectivity index (χ1n) is 8.29. The van der Waals surface area contributed by atoms with E-state index in [1.807, 2.05) is 4.90 Å². The van der Waals surface area contributed by atoms with Gasteiger partial charge in [-0.2, -0.15) is 0 Å². The standard InChI is InChI=1S/C16H22N4O3/c21-16(13-4-2-1-3-5-13)19-10-8-18(9-11-19)15-7-6-14(12-17-15)20(22)23/h6-7,12-13H,1-5,8-11H2. The number of carbonyl (C=O) groups is 1. The van der Waals surface area contributed by atoms with Crippen LogP contribution in [0.4, 0.5) is 11.5 Å². The minimum absolute atomic E-state index is 0.000128. The molecule has 0 atom stereocenters. The summed E-state index contributed by atoms with van der Waals surface area (Å²) in [4.78, 5) is 31.0. The van der Waals surface area contributed by atoms with Gasteiger partial charge < -0.3 is 9.80 Å². The molecule has 0 aromatic carbocycles. The molecule has 1 amide bonds. The molecule has 1 aliphatic heterocycles. The summed E-state index contributed by atoms with van der Waals surface area (Å²) in [6, 6.07) is 3.15. The number of anilines is 1. The second kappa shape index (κ2) is 6.93. The molecule has 0 unspecified atom stereocenters. The Bertz CT molecular complexity index is 561. The van der Waals surface area contributed by atoms with Gasteiger partial charge in [0.1, 0.15) is 12.0 Å². The minimum atomic E-state index is -0.447. The third-order valence-corrected chi connectivity index (χ3v) is 4.81. The van der Waals surface area contributed by atoms with Crippen molar-refractivity contribution in [3.8, 4) is 0 Å². The number of rotatable bonds is 3. The molecule has 1 saturated carbocycles. The Labute approximate surface area is 135 Å². The zero-order valence-corrected chi connectivity index (χ0v) is 13.2. The molecule has 2 aliphatic rings. The summed E-state index contributed by atoms with van der Waals surface area (Å²) in [6.07, 6.45) is 6.94. The van der Waals surface area contributed by atoms with Crippen LogP contribution in [0, 0.1) is 16.0 Å². The second-order valence-corrected chi connectivity index (χ2v) is 6.28. The molecular weight excluding hydrogens is 296 g/mol. The van der Waals surface area contributed by atoms with Crippen molar-refractivity contribution in [1.29, 1.82) is 0 Å². The van der Waals surface area contributed by atoms with Crippen molar-refractivity contribution in [3.63, 3.8) is 0 Å². The number of nitrogens with zero attached hydrogens (tertiary/aromatic N) is 4. The normalized spacial score (nSPS) is 19.7. The summed E-state index contributed by atoms with van der Waals surface area (Å²) < 4.78 is 0. The van der Waals surface area contributed by atoms with E-state index in [1.54, 1.807) is 6.07 Å². The van der Waals surface area contributed by atoms with Crippen molar-refractivity contribution in [2.45, 2.75) is 32.1 Å². The van der Waals surface area contributed by atoms with E-state index in [4.69, 9.17) is 0 Å². The van der Waals surface area contributed by atoms with Crippen LogP contribution in [-0.4, -0.2) is 46.9 Å². The van der Waals surface area contributed by atoms with Crippen molar-refractivity contribution in [2.24, 2.45) is 5.92 Å². The van der Waals surface area contributed by atoms with Crippen LogP contribution in [0.5, 0.6) is 0 Å². The summed E-state index contributed by atoms with van der Waals surface area (Å²) in [5.41, 5.74) is -0.000128. The molecule has 1 aromatic rings. The predicted molar refractivity (Wildman–Crippen MR) is 86.3 cm³/mol. The van der Waals surface area contributed by atoms with E-state index in [-0.39, 0.29) is 11.6 Å². The van der Waals surface area contributed by atoms with Crippen molar-refractivity contribution in [1.82, 2.24) is 9.88 Å². The maximum atomic E-state index is 12.5. The SMILES string of the molecule is O=C(C1CCCCC1)N1CCN(c2ccc([N+](=O)[O-])cn2)CC1. The number of piperazine rings is 1. The van der Waals surface area contributed by atoms with E-state index in [0.29, 0.717) is 19.0 Å². The van der Waals surface area contributed by atoms with Crippen LogP contribution in [-0.2, 0) is 4.79 Å². The van der Waals surface area contributed by atoms with Crippen LogP contribution in [0.15, 0.2) is 18.3 Å². The topological polar surface area (TPSA) is 79.6 Å². The largest absolute Gasteiger partial charge is 0.353 e. The van der Waals surface area contributed by atoms with Crippen molar-refractivity contribution in [2.75, 3.05) is 31.1 Å². The monoisotopic (exact) mass is 318 g/mol. The highest BCUT2D eigenvalue weighted by molar-refractivity contribution is 5.79. The number of hydrogen-bond donors (Lipinski definition) is 0. The fraction of sp³-hybridized carbons (Fsp3) is 0.625. The van der Waals surface area contributed by atoms with Gasteiger partial charge in [-0.05, 0) is 18.9 Å². The predicted octanol–water partition coefficient (Wildman–Crippen LogP) is 2.22. The number of carbonyl (C=O) groups excluding carboxylic acids is 1. The van der Waals surface area contributed by atoms with E-state index in [1.165, 1.54) is 31.5 Å². The zero-order valence-electron chi connectivity index (χ0n) is 13.2. The maximum absolute atomic E-state index is 12.5. The summed E-state index contributed by atoms with van der Waals surface area (Å²) in [6.45, 7) is 2.86. The smallest absolute Gasteiger partial charge is 0.287 e. The number of aromatic nitrogens is 1. The molecule has 0 N–H and O–H groups in total. The molecule has 7 nitrogen and oxygen atoms in total. The zero-order chi connectivity index (χ0) is 16.2. The molecule has 2 heterocycles. The van der Waals surface area contributed by atoms with Crippen LogP contribution < -0.4 is 4.90 Å². The van der Waals surface area contributed by atoms with Crippen LogP contribution in [0.1, 0.15) is 32.1 Å². The Morgan fingerprint density at radius 3 is 2.39 bits per heavy atom. The van der Waals surface area contributed by atoms with Gasteiger partial charge in [0.25, 0.3) is 5.69 Å². The highest BCUT2D eigenvalue weighted by Gasteiger charge is 2.28. The Balaban J connectivity index is 1.55. The summed E-state index contributed by atoms with van der Waals surface area (Å²) in [7, 11) is 0. The van der Waals surface area contributed by atoms with Gasteiger partial charge >= 0.3 is 0 Å². The van der Waals surface area contributed by atoms with Crippen molar-refractivity contribution < 1.29 is 9.72 Å². The van der Waals surface area contributed by atoms with Gasteiger partial charge in [0.2, 0.25) is 5.91 Å². The Morgan fingerprint density at radius 2 is 1.83 bits per heavy atom. The molecule has 3 rings (SSSR count). The molecule has 23 heavy (non-hydrogen) atoms. The molecule has 7 heteroatoms. The Hall–Kier alpha value is -2.18. The molecule has 0 spiro atoms.